The van der Waals surface area contributed by atoms with Crippen molar-refractivity contribution in [1.29, 1.82) is 5.26 Å². The first-order chi connectivity index (χ1) is 38.5. The van der Waals surface area contributed by atoms with E-state index in [0.717, 1.165) is 36.9 Å². The summed E-state index contributed by atoms with van der Waals surface area (Å²) < 4.78 is 52.5. The summed E-state index contributed by atoms with van der Waals surface area (Å²) in [6.45, 7) is 10.3. The first-order valence-corrected chi connectivity index (χ1v) is 27.5. The van der Waals surface area contributed by atoms with Crippen LogP contribution in [0.4, 0.5) is 35.3 Å². The zero-order valence-corrected chi connectivity index (χ0v) is 46.5. The average molecular weight is 1120 g/mol. The number of amides is 7. The molecular weight excluding hydrogens is 1050 g/mol. The molecule has 1 saturated carbocycles. The number of aromatic nitrogens is 4. The highest BCUT2D eigenvalue weighted by molar-refractivity contribution is 6.13. The summed E-state index contributed by atoms with van der Waals surface area (Å²) in [7, 11) is 1.80. The molecule has 5 heterocycles. The normalized spacial score (nSPS) is 19.7. The topological polar surface area (TPSA) is 245 Å². The highest BCUT2D eigenvalue weighted by atomic mass is 19.4. The second-order valence-corrected chi connectivity index (χ2v) is 22.3. The van der Waals surface area contributed by atoms with Crippen molar-refractivity contribution in [2.75, 3.05) is 41.3 Å². The molecule has 0 bridgehead atoms. The summed E-state index contributed by atoms with van der Waals surface area (Å²) in [6, 6.07) is 12.5. The minimum atomic E-state index is -4.76. The molecule has 1 saturated heterocycles. The lowest BCUT2D eigenvalue weighted by Gasteiger charge is -2.46. The van der Waals surface area contributed by atoms with E-state index in [2.05, 4.69) is 51.0 Å². The van der Waals surface area contributed by atoms with Crippen LogP contribution < -0.4 is 25.8 Å². The van der Waals surface area contributed by atoms with Crippen molar-refractivity contribution in [2.45, 2.75) is 136 Å². The average Bonchev–Trinajstić information content (AvgIpc) is 3.17. The third kappa shape index (κ3) is 13.8. The summed E-state index contributed by atoms with van der Waals surface area (Å²) in [5.41, 5.74) is -0.0737. The number of benzene rings is 2. The number of carbonyl (C=O) groups excluding carboxylic acids is 7. The van der Waals surface area contributed by atoms with E-state index < -0.39 is 59.6 Å². The van der Waals surface area contributed by atoms with Crippen molar-refractivity contribution in [3.05, 3.63) is 106 Å². The molecular formula is C58H69F3N12O8. The van der Waals surface area contributed by atoms with Crippen LogP contribution in [0.2, 0.25) is 0 Å². The molecule has 0 spiro atoms. The van der Waals surface area contributed by atoms with Gasteiger partial charge in [-0.25, -0.2) is 9.78 Å². The summed E-state index contributed by atoms with van der Waals surface area (Å²) in [4.78, 5) is 102. The number of alkyl halides is 3. The number of pyridine rings is 1. The number of hydrogen-bond acceptors (Lipinski definition) is 13. The molecule has 430 valence electrons. The smallest absolute Gasteiger partial charge is 0.416 e. The number of nitrogens with one attached hydrogen (secondary N) is 3. The quantitative estimate of drug-likeness (QED) is 0.0512. The number of likely N-dealkylation sites (tertiary alicyclic amines) is 1. The number of imide groups is 1. The minimum Gasteiger partial charge on any atom is -0.444 e. The van der Waals surface area contributed by atoms with Crippen LogP contribution in [0.25, 0.3) is 0 Å². The Balaban J connectivity index is 0.945. The highest BCUT2D eigenvalue weighted by Gasteiger charge is 2.49. The maximum Gasteiger partial charge on any atom is 0.416 e. The van der Waals surface area contributed by atoms with E-state index in [1.807, 2.05) is 0 Å². The van der Waals surface area contributed by atoms with Crippen molar-refractivity contribution in [3.8, 4) is 6.07 Å². The van der Waals surface area contributed by atoms with Gasteiger partial charge in [0.15, 0.2) is 0 Å². The van der Waals surface area contributed by atoms with Crippen molar-refractivity contribution < 1.29 is 51.5 Å². The summed E-state index contributed by atoms with van der Waals surface area (Å²) in [5, 5.41) is 26.6. The summed E-state index contributed by atoms with van der Waals surface area (Å²) in [5.74, 6) is -1.94. The third-order valence-corrected chi connectivity index (χ3v) is 15.4. The van der Waals surface area contributed by atoms with Crippen LogP contribution in [-0.2, 0) is 67.0 Å². The molecule has 1 aliphatic carbocycles. The molecule has 2 aromatic carbocycles. The molecule has 7 amide bonds. The Labute approximate surface area is 468 Å². The second kappa shape index (κ2) is 25.2. The predicted molar refractivity (Wildman–Crippen MR) is 292 cm³/mol. The predicted octanol–water partition coefficient (Wildman–Crippen LogP) is 7.46. The Morgan fingerprint density at radius 2 is 1.65 bits per heavy atom. The molecule has 2 fully saturated rings. The van der Waals surface area contributed by atoms with Crippen LogP contribution in [-0.4, -0.2) is 109 Å². The number of ether oxygens (including phenoxy) is 1. The van der Waals surface area contributed by atoms with Crippen LogP contribution in [0.1, 0.15) is 136 Å². The Bertz CT molecular complexity index is 3090. The number of hydrogen-bond donors (Lipinski definition) is 3. The number of piperidine rings is 1. The van der Waals surface area contributed by atoms with Gasteiger partial charge in [-0.2, -0.15) is 18.4 Å². The van der Waals surface area contributed by atoms with E-state index >= 15 is 0 Å². The van der Waals surface area contributed by atoms with Gasteiger partial charge in [-0.3, -0.25) is 48.4 Å². The SMILES string of the molecule is CC1CC(c2cc(N(CCC#N)C(=O)OCc3ccc(NC(=O)[C@H](C)NC(=O)[C@@H](NC(=O)CCCCCN4C(=O)C=CC4=O)C(C)C)cc3)nc(N3Cc4c(cc(CN5CCC[C@H](C)C5)cc4C(F)(F)F)C3=O)c2)(c2nncn2C)C1. The molecule has 20 nitrogen and oxygen atoms in total. The number of unbranched alkanes of at least 4 members (excludes halogenated alkanes) is 2. The summed E-state index contributed by atoms with van der Waals surface area (Å²) in [6.07, 6.45) is 3.04. The molecule has 4 aromatic rings. The van der Waals surface area contributed by atoms with Gasteiger partial charge in [0.25, 0.3) is 17.7 Å². The second-order valence-electron chi connectivity index (χ2n) is 22.3. The zero-order valence-electron chi connectivity index (χ0n) is 46.5. The lowest BCUT2D eigenvalue weighted by Crippen LogP contribution is -2.53. The van der Waals surface area contributed by atoms with Crippen LogP contribution in [0.5, 0.6) is 0 Å². The van der Waals surface area contributed by atoms with Gasteiger partial charge in [0.05, 0.1) is 30.0 Å². The van der Waals surface area contributed by atoms with Crippen molar-refractivity contribution in [2.24, 2.45) is 24.8 Å². The van der Waals surface area contributed by atoms with Gasteiger partial charge in [-0.1, -0.05) is 46.2 Å². The van der Waals surface area contributed by atoms with Gasteiger partial charge < -0.3 is 25.3 Å². The molecule has 0 unspecified atom stereocenters. The van der Waals surface area contributed by atoms with Gasteiger partial charge in [0.1, 0.15) is 42.5 Å². The first kappa shape index (κ1) is 59.1. The number of anilines is 3. The van der Waals surface area contributed by atoms with Gasteiger partial charge in [-0.05, 0) is 128 Å². The van der Waals surface area contributed by atoms with Crippen LogP contribution >= 0.6 is 0 Å². The van der Waals surface area contributed by atoms with Crippen molar-refractivity contribution >= 4 is 58.9 Å². The Kier molecular flexibility index (Phi) is 18.4. The lowest BCUT2D eigenvalue weighted by molar-refractivity contribution is -0.138. The number of nitriles is 1. The number of rotatable bonds is 22. The van der Waals surface area contributed by atoms with E-state index in [9.17, 15) is 52.0 Å². The molecule has 4 aliphatic rings. The number of halogens is 3. The highest BCUT2D eigenvalue weighted by Crippen LogP contribution is 2.53. The zero-order chi connectivity index (χ0) is 58.3. The number of aryl methyl sites for hydroxylation is 1. The molecule has 3 atom stereocenters. The van der Waals surface area contributed by atoms with E-state index in [-0.39, 0.29) is 91.4 Å². The summed E-state index contributed by atoms with van der Waals surface area (Å²) >= 11 is 0. The van der Waals surface area contributed by atoms with Gasteiger partial charge in [0.2, 0.25) is 17.7 Å². The molecule has 81 heavy (non-hydrogen) atoms. The first-order valence-electron chi connectivity index (χ1n) is 27.5. The maximum absolute atomic E-state index is 15.0. The van der Waals surface area contributed by atoms with Crippen molar-refractivity contribution in [3.63, 3.8) is 0 Å². The fourth-order valence-corrected chi connectivity index (χ4v) is 11.3. The van der Waals surface area contributed by atoms with Crippen LogP contribution in [0.15, 0.2) is 67.0 Å². The van der Waals surface area contributed by atoms with E-state index in [1.165, 1.54) is 28.9 Å². The lowest BCUT2D eigenvalue weighted by atomic mass is 9.58. The fourth-order valence-electron chi connectivity index (χ4n) is 11.3. The molecule has 2 aromatic heterocycles. The van der Waals surface area contributed by atoms with Crippen LogP contribution in [0, 0.1) is 29.1 Å². The van der Waals surface area contributed by atoms with Gasteiger partial charge in [0, 0.05) is 63.1 Å². The minimum absolute atomic E-state index is 0.00254. The molecule has 0 radical (unpaired) electrons. The third-order valence-electron chi connectivity index (χ3n) is 15.4. The fraction of sp³-hybridized carbons (Fsp3) is 0.500. The van der Waals surface area contributed by atoms with Crippen LogP contribution in [0.3, 0.4) is 0 Å². The van der Waals surface area contributed by atoms with Gasteiger partial charge in [-0.15, -0.1) is 10.2 Å². The Morgan fingerprint density at radius 3 is 2.30 bits per heavy atom. The Hall–Kier alpha value is -8.00. The molecule has 23 heteroatoms. The van der Waals surface area contributed by atoms with E-state index in [4.69, 9.17) is 9.72 Å². The number of fused-ring (bicyclic) bond motifs is 1. The van der Waals surface area contributed by atoms with E-state index in [0.29, 0.717) is 66.2 Å². The van der Waals surface area contributed by atoms with Crippen molar-refractivity contribution in [1.82, 2.24) is 40.2 Å². The molecule has 3 aliphatic heterocycles. The monoisotopic (exact) mass is 1120 g/mol. The number of carbonyl (C=O) groups is 7. The maximum atomic E-state index is 15.0. The van der Waals surface area contributed by atoms with E-state index in [1.54, 1.807) is 74.3 Å². The largest absolute Gasteiger partial charge is 0.444 e. The Morgan fingerprint density at radius 1 is 0.926 bits per heavy atom. The molecule has 8 rings (SSSR count). The van der Waals surface area contributed by atoms with Gasteiger partial charge >= 0.3 is 12.3 Å². The standard InChI is InChI=1S/C58H69F3N12O8/c1-35(2)51(67-48(74)13-8-7-9-22-72-49(75)18-19-50(72)76)53(78)64-38(5)52(77)65-42-16-14-39(15-17-42)33-81-56(80)71(23-11-20-62)46-26-41(57(28-37(4)29-57)55-68-63-34-69(55)6)27-47(66-46)73-32-44-43(54(73)79)24-40(25-45(44)58(59,60)61)31-70-21-10-12-36(3)30-70/h14-19,24-27,34-38,51H,7-13,21-23,28-33H2,1-6H3,(H,64,78)(H,65,77)(H,67,74)/t36-,37?,38-,51-,57?/m0/s1. The molecule has 3 N–H and O–H groups in total. The number of nitrogens with zero attached hydrogens (tertiary/aromatic N) is 9.